The Bertz CT molecular complexity index is 615. The van der Waals surface area contributed by atoms with E-state index in [0.29, 0.717) is 12.1 Å². The SMILES string of the molecule is CC(NCc1ccccc1F)c1ccc2c(c1)OCO2. The molecule has 0 radical (unpaired) electrons. The molecular weight excluding hydrogens is 257 g/mol. The van der Waals surface area contributed by atoms with Gasteiger partial charge in [-0.1, -0.05) is 24.3 Å². The lowest BCUT2D eigenvalue weighted by molar-refractivity contribution is 0.174. The summed E-state index contributed by atoms with van der Waals surface area (Å²) in [4.78, 5) is 0. The van der Waals surface area contributed by atoms with Crippen molar-refractivity contribution in [1.82, 2.24) is 5.32 Å². The van der Waals surface area contributed by atoms with Crippen molar-refractivity contribution in [2.45, 2.75) is 19.5 Å². The highest BCUT2D eigenvalue weighted by atomic mass is 19.1. The van der Waals surface area contributed by atoms with Crippen LogP contribution < -0.4 is 14.8 Å². The molecule has 2 aromatic carbocycles. The number of fused-ring (bicyclic) bond motifs is 1. The Morgan fingerprint density at radius 2 is 1.95 bits per heavy atom. The molecule has 1 unspecified atom stereocenters. The molecule has 0 bridgehead atoms. The fourth-order valence-electron chi connectivity index (χ4n) is 2.21. The monoisotopic (exact) mass is 273 g/mol. The molecule has 0 fully saturated rings. The second kappa shape index (κ2) is 5.51. The van der Waals surface area contributed by atoms with Gasteiger partial charge in [-0.05, 0) is 30.7 Å². The smallest absolute Gasteiger partial charge is 0.231 e. The number of halogens is 1. The molecule has 20 heavy (non-hydrogen) atoms. The molecule has 0 spiro atoms. The van der Waals surface area contributed by atoms with Crippen molar-refractivity contribution < 1.29 is 13.9 Å². The summed E-state index contributed by atoms with van der Waals surface area (Å²) in [5.74, 6) is 1.36. The summed E-state index contributed by atoms with van der Waals surface area (Å²) >= 11 is 0. The van der Waals surface area contributed by atoms with Crippen LogP contribution in [0.25, 0.3) is 0 Å². The van der Waals surface area contributed by atoms with E-state index in [2.05, 4.69) is 5.32 Å². The quantitative estimate of drug-likeness (QED) is 0.926. The van der Waals surface area contributed by atoms with Crippen molar-refractivity contribution in [2.75, 3.05) is 6.79 Å². The van der Waals surface area contributed by atoms with Gasteiger partial charge in [-0.25, -0.2) is 4.39 Å². The van der Waals surface area contributed by atoms with E-state index in [1.807, 2.05) is 31.2 Å². The van der Waals surface area contributed by atoms with E-state index in [1.165, 1.54) is 6.07 Å². The summed E-state index contributed by atoms with van der Waals surface area (Å²) in [6, 6.07) is 12.7. The molecule has 0 aliphatic carbocycles. The van der Waals surface area contributed by atoms with Gasteiger partial charge in [-0.15, -0.1) is 0 Å². The predicted molar refractivity (Wildman–Crippen MR) is 74.2 cm³/mol. The van der Waals surface area contributed by atoms with Gasteiger partial charge in [0.2, 0.25) is 6.79 Å². The van der Waals surface area contributed by atoms with Gasteiger partial charge in [0.05, 0.1) is 0 Å². The number of hydrogen-bond donors (Lipinski definition) is 1. The molecule has 4 heteroatoms. The molecule has 1 N–H and O–H groups in total. The van der Waals surface area contributed by atoms with E-state index >= 15 is 0 Å². The Morgan fingerprint density at radius 1 is 1.15 bits per heavy atom. The Labute approximate surface area is 117 Å². The Balaban J connectivity index is 1.67. The van der Waals surface area contributed by atoms with Crippen molar-refractivity contribution >= 4 is 0 Å². The summed E-state index contributed by atoms with van der Waals surface area (Å²) < 4.78 is 24.2. The highest BCUT2D eigenvalue weighted by Crippen LogP contribution is 2.34. The number of benzene rings is 2. The van der Waals surface area contributed by atoms with Gasteiger partial charge in [-0.3, -0.25) is 0 Å². The van der Waals surface area contributed by atoms with Crippen LogP contribution in [0, 0.1) is 5.82 Å². The van der Waals surface area contributed by atoms with Crippen LogP contribution in [0.5, 0.6) is 11.5 Å². The minimum absolute atomic E-state index is 0.101. The Kier molecular flexibility index (Phi) is 3.56. The molecule has 2 aromatic rings. The van der Waals surface area contributed by atoms with E-state index in [1.54, 1.807) is 12.1 Å². The summed E-state index contributed by atoms with van der Waals surface area (Å²) in [6.07, 6.45) is 0. The predicted octanol–water partition coefficient (Wildman–Crippen LogP) is 3.41. The molecular formula is C16H16FNO2. The van der Waals surface area contributed by atoms with Crippen LogP contribution >= 0.6 is 0 Å². The van der Waals surface area contributed by atoms with Crippen LogP contribution in [0.4, 0.5) is 4.39 Å². The van der Waals surface area contributed by atoms with E-state index < -0.39 is 0 Å². The molecule has 3 nitrogen and oxygen atoms in total. The highest BCUT2D eigenvalue weighted by molar-refractivity contribution is 5.45. The molecule has 1 atom stereocenters. The highest BCUT2D eigenvalue weighted by Gasteiger charge is 2.15. The third kappa shape index (κ3) is 2.60. The second-order valence-electron chi connectivity index (χ2n) is 4.81. The minimum atomic E-state index is -0.183. The lowest BCUT2D eigenvalue weighted by Crippen LogP contribution is -2.18. The van der Waals surface area contributed by atoms with Crippen molar-refractivity contribution in [3.8, 4) is 11.5 Å². The maximum atomic E-state index is 13.5. The number of rotatable bonds is 4. The molecule has 0 aromatic heterocycles. The minimum Gasteiger partial charge on any atom is -0.454 e. The number of nitrogens with one attached hydrogen (secondary N) is 1. The lowest BCUT2D eigenvalue weighted by Gasteiger charge is -2.15. The second-order valence-corrected chi connectivity index (χ2v) is 4.81. The summed E-state index contributed by atoms with van der Waals surface area (Å²) in [5, 5.41) is 3.31. The van der Waals surface area contributed by atoms with Crippen LogP contribution in [-0.2, 0) is 6.54 Å². The van der Waals surface area contributed by atoms with Crippen LogP contribution in [0.3, 0.4) is 0 Å². The molecule has 0 amide bonds. The molecule has 0 saturated heterocycles. The first-order valence-electron chi connectivity index (χ1n) is 6.60. The average Bonchev–Trinajstić information content (AvgIpc) is 2.93. The summed E-state index contributed by atoms with van der Waals surface area (Å²) in [6.45, 7) is 2.80. The first kappa shape index (κ1) is 12.9. The average molecular weight is 273 g/mol. The first-order chi connectivity index (χ1) is 9.74. The number of ether oxygens (including phenoxy) is 2. The molecule has 1 heterocycles. The van der Waals surface area contributed by atoms with Gasteiger partial charge >= 0.3 is 0 Å². The van der Waals surface area contributed by atoms with Gasteiger partial charge in [-0.2, -0.15) is 0 Å². The topological polar surface area (TPSA) is 30.5 Å². The maximum Gasteiger partial charge on any atom is 0.231 e. The maximum absolute atomic E-state index is 13.5. The van der Waals surface area contributed by atoms with Crippen molar-refractivity contribution in [3.05, 3.63) is 59.4 Å². The van der Waals surface area contributed by atoms with Gasteiger partial charge in [0.25, 0.3) is 0 Å². The lowest BCUT2D eigenvalue weighted by atomic mass is 10.1. The van der Waals surface area contributed by atoms with Gasteiger partial charge < -0.3 is 14.8 Å². The van der Waals surface area contributed by atoms with Crippen molar-refractivity contribution in [1.29, 1.82) is 0 Å². The molecule has 1 aliphatic rings. The largest absolute Gasteiger partial charge is 0.454 e. The van der Waals surface area contributed by atoms with Crippen LogP contribution in [0.15, 0.2) is 42.5 Å². The zero-order valence-corrected chi connectivity index (χ0v) is 11.2. The molecule has 1 aliphatic heterocycles. The summed E-state index contributed by atoms with van der Waals surface area (Å²) in [7, 11) is 0. The third-order valence-electron chi connectivity index (χ3n) is 3.45. The molecule has 3 rings (SSSR count). The third-order valence-corrected chi connectivity index (χ3v) is 3.45. The van der Waals surface area contributed by atoms with Crippen molar-refractivity contribution in [2.24, 2.45) is 0 Å². The Hall–Kier alpha value is -2.07. The fraction of sp³-hybridized carbons (Fsp3) is 0.250. The van der Waals surface area contributed by atoms with Crippen LogP contribution in [0.2, 0.25) is 0 Å². The Morgan fingerprint density at radius 3 is 2.80 bits per heavy atom. The molecule has 104 valence electrons. The van der Waals surface area contributed by atoms with Crippen LogP contribution in [0.1, 0.15) is 24.1 Å². The first-order valence-corrected chi connectivity index (χ1v) is 6.60. The standard InChI is InChI=1S/C16H16FNO2/c1-11(18-9-13-4-2-3-5-14(13)17)12-6-7-15-16(8-12)20-10-19-15/h2-8,11,18H,9-10H2,1H3. The van der Waals surface area contributed by atoms with Crippen LogP contribution in [-0.4, -0.2) is 6.79 Å². The van der Waals surface area contributed by atoms with E-state index in [9.17, 15) is 4.39 Å². The van der Waals surface area contributed by atoms with Gasteiger partial charge in [0.15, 0.2) is 11.5 Å². The van der Waals surface area contributed by atoms with E-state index in [0.717, 1.165) is 17.1 Å². The zero-order chi connectivity index (χ0) is 13.9. The fourth-order valence-corrected chi connectivity index (χ4v) is 2.21. The normalized spacial score (nSPS) is 14.3. The van der Waals surface area contributed by atoms with Gasteiger partial charge in [0.1, 0.15) is 5.82 Å². The molecule has 0 saturated carbocycles. The van der Waals surface area contributed by atoms with E-state index in [4.69, 9.17) is 9.47 Å². The zero-order valence-electron chi connectivity index (χ0n) is 11.2. The van der Waals surface area contributed by atoms with Gasteiger partial charge in [0, 0.05) is 18.2 Å². The van der Waals surface area contributed by atoms with Crippen molar-refractivity contribution in [3.63, 3.8) is 0 Å². The summed E-state index contributed by atoms with van der Waals surface area (Å²) in [5.41, 5.74) is 1.76. The number of hydrogen-bond acceptors (Lipinski definition) is 3. The van der Waals surface area contributed by atoms with E-state index in [-0.39, 0.29) is 18.7 Å².